The maximum absolute atomic E-state index is 13.1. The Balaban J connectivity index is 3.11. The molecule has 5 amide bonds. The highest BCUT2D eigenvalue weighted by Crippen LogP contribution is 2.14. The zero-order valence-electron chi connectivity index (χ0n) is 21.5. The van der Waals surface area contributed by atoms with Crippen LogP contribution in [-0.4, -0.2) is 73.3 Å². The molecule has 0 saturated heterocycles. The molecule has 37 heavy (non-hydrogen) atoms. The second kappa shape index (κ2) is 14.6. The van der Waals surface area contributed by atoms with Gasteiger partial charge in [-0.2, -0.15) is 0 Å². The van der Waals surface area contributed by atoms with Gasteiger partial charge in [0.1, 0.15) is 17.7 Å². The summed E-state index contributed by atoms with van der Waals surface area (Å²) in [7, 11) is 2.83. The zero-order valence-corrected chi connectivity index (χ0v) is 21.5. The van der Waals surface area contributed by atoms with Gasteiger partial charge in [0.2, 0.25) is 23.6 Å². The minimum atomic E-state index is -1.22. The Morgan fingerprint density at radius 3 is 2.05 bits per heavy atom. The Hall–Kier alpha value is -3.91. The molecule has 14 heteroatoms. The molecule has 6 N–H and O–H groups in total. The van der Waals surface area contributed by atoms with Crippen LogP contribution in [0.1, 0.15) is 39.2 Å². The zero-order chi connectivity index (χ0) is 28.2. The summed E-state index contributed by atoms with van der Waals surface area (Å²) in [6.45, 7) is 4.60. The van der Waals surface area contributed by atoms with Crippen molar-refractivity contribution in [3.63, 3.8) is 0 Å². The normalized spacial score (nSPS) is 12.4. The fourth-order valence-corrected chi connectivity index (χ4v) is 2.97. The number of hydrogen-bond donors (Lipinski definition) is 6. The van der Waals surface area contributed by atoms with Crippen LogP contribution in [0, 0.1) is 5.21 Å². The molecule has 0 aliphatic heterocycles. The molecule has 0 bridgehead atoms. The van der Waals surface area contributed by atoms with E-state index in [4.69, 9.17) is 9.94 Å². The predicted octanol–water partition coefficient (Wildman–Crippen LogP) is -0.311. The second-order valence-electron chi connectivity index (χ2n) is 9.01. The summed E-state index contributed by atoms with van der Waals surface area (Å²) in [5.41, 5.74) is -0.355. The van der Waals surface area contributed by atoms with Crippen LogP contribution in [0.5, 0.6) is 0 Å². The lowest BCUT2D eigenvalue weighted by Gasteiger charge is -2.25. The Labute approximate surface area is 215 Å². The van der Waals surface area contributed by atoms with Crippen molar-refractivity contribution in [1.82, 2.24) is 26.6 Å². The third-order valence-electron chi connectivity index (χ3n) is 4.88. The molecule has 14 nitrogen and oxygen atoms in total. The Bertz CT molecular complexity index is 946. The van der Waals surface area contributed by atoms with Gasteiger partial charge in [-0.1, -0.05) is 12.1 Å². The quantitative estimate of drug-likeness (QED) is 0.199. The molecule has 1 aromatic carbocycles. The molecule has 2 atom stereocenters. The van der Waals surface area contributed by atoms with E-state index in [1.165, 1.54) is 38.4 Å². The predicted molar refractivity (Wildman–Crippen MR) is 133 cm³/mol. The van der Waals surface area contributed by atoms with Crippen molar-refractivity contribution in [2.75, 3.05) is 25.9 Å². The topological polar surface area (TPSA) is 201 Å². The van der Waals surface area contributed by atoms with Gasteiger partial charge in [0.05, 0.1) is 12.2 Å². The van der Waals surface area contributed by atoms with Crippen molar-refractivity contribution in [1.29, 1.82) is 0 Å². The minimum Gasteiger partial charge on any atom is -0.733 e. The van der Waals surface area contributed by atoms with Gasteiger partial charge in [-0.15, -0.1) is 0 Å². The average Bonchev–Trinajstić information content (AvgIpc) is 2.83. The second-order valence-corrected chi connectivity index (χ2v) is 9.01. The molecule has 0 aliphatic carbocycles. The number of benzene rings is 1. The summed E-state index contributed by atoms with van der Waals surface area (Å²) in [6.07, 6.45) is -1.11. The first-order chi connectivity index (χ1) is 17.2. The number of nitrogens with one attached hydrogen (secondary N) is 5. The number of anilines is 1. The fourth-order valence-electron chi connectivity index (χ4n) is 2.97. The number of nitrogens with zero attached hydrogens (tertiary/aromatic N) is 1. The molecule has 2 unspecified atom stereocenters. The van der Waals surface area contributed by atoms with Crippen molar-refractivity contribution in [3.05, 3.63) is 35.0 Å². The Kier molecular flexibility index (Phi) is 12.3. The van der Waals surface area contributed by atoms with Crippen LogP contribution in [0.15, 0.2) is 24.3 Å². The molecule has 0 radical (unpaired) electrons. The molecule has 0 heterocycles. The number of carbonyl (C=O) groups is 5. The molecular weight excluding hydrogens is 488 g/mol. The maximum Gasteiger partial charge on any atom is 0.408 e. The van der Waals surface area contributed by atoms with Crippen molar-refractivity contribution in [2.24, 2.45) is 0 Å². The van der Waals surface area contributed by atoms with E-state index < -0.39 is 41.5 Å². The van der Waals surface area contributed by atoms with Gasteiger partial charge in [-0.3, -0.25) is 24.4 Å². The van der Waals surface area contributed by atoms with Crippen LogP contribution in [-0.2, 0) is 30.3 Å². The Morgan fingerprint density at radius 2 is 1.54 bits per heavy atom. The van der Waals surface area contributed by atoms with E-state index >= 15 is 0 Å². The van der Waals surface area contributed by atoms with Gasteiger partial charge in [0, 0.05) is 26.9 Å². The number of alkyl carbamates (subject to hydrolysis) is 1. The van der Waals surface area contributed by atoms with E-state index in [1.807, 2.05) is 0 Å². The molecule has 0 aromatic heterocycles. The molecule has 1 aromatic rings. The number of hydrogen-bond acceptors (Lipinski definition) is 9. The molecule has 0 aliphatic rings. The summed E-state index contributed by atoms with van der Waals surface area (Å²) in [5.74, 6) is -2.26. The lowest BCUT2D eigenvalue weighted by Crippen LogP contribution is -2.55. The third-order valence-corrected chi connectivity index (χ3v) is 4.88. The van der Waals surface area contributed by atoms with Crippen molar-refractivity contribution >= 4 is 35.4 Å². The largest absolute Gasteiger partial charge is 0.733 e. The van der Waals surface area contributed by atoms with E-state index in [9.17, 15) is 29.2 Å². The maximum atomic E-state index is 13.1. The number of rotatable bonds is 12. The first-order valence-corrected chi connectivity index (χ1v) is 11.5. The smallest absolute Gasteiger partial charge is 0.408 e. The number of ether oxygens (including phenoxy) is 1. The summed E-state index contributed by atoms with van der Waals surface area (Å²) in [5, 5.41) is 31.9. The fraction of sp³-hybridized carbons (Fsp3) is 0.522. The molecule has 206 valence electrons. The summed E-state index contributed by atoms with van der Waals surface area (Å²) in [6, 6.07) is 3.18. The first kappa shape index (κ1) is 31.1. The van der Waals surface area contributed by atoms with Crippen LogP contribution in [0.2, 0.25) is 0 Å². The molecular formula is C23H35N6O8-. The lowest BCUT2D eigenvalue weighted by molar-refractivity contribution is -0.131. The van der Waals surface area contributed by atoms with E-state index in [0.717, 1.165) is 0 Å². The van der Waals surface area contributed by atoms with E-state index in [1.54, 1.807) is 20.8 Å². The number of amides is 5. The van der Waals surface area contributed by atoms with Crippen LogP contribution >= 0.6 is 0 Å². The van der Waals surface area contributed by atoms with Crippen LogP contribution < -0.4 is 31.8 Å². The third kappa shape index (κ3) is 12.1. The standard InChI is InChI=1S/C23H35N6O8/c1-23(2,3)37-22(34)28-16(10-11-18(30)24-4)21(33)27-17(20(32)26-13-19(31)25-5)12-14-6-8-15(9-7-14)29(35)36/h6-9,16-17,35H,10-13H2,1-5H3,(H,24,30)(H,25,31)(H,26,32)(H,27,33)(H,28,34)/q-1. The van der Waals surface area contributed by atoms with Gasteiger partial charge < -0.3 is 41.8 Å². The van der Waals surface area contributed by atoms with Crippen molar-refractivity contribution in [3.8, 4) is 0 Å². The van der Waals surface area contributed by atoms with Gasteiger partial charge >= 0.3 is 6.09 Å². The number of carbonyl (C=O) groups excluding carboxylic acids is 5. The number of likely N-dealkylation sites (N-methyl/N-ethyl adjacent to an activating group) is 1. The molecule has 0 spiro atoms. The average molecular weight is 524 g/mol. The summed E-state index contributed by atoms with van der Waals surface area (Å²) >= 11 is 0. The van der Waals surface area contributed by atoms with Crippen LogP contribution in [0.25, 0.3) is 0 Å². The van der Waals surface area contributed by atoms with E-state index in [2.05, 4.69) is 26.6 Å². The minimum absolute atomic E-state index is 0.0378. The highest BCUT2D eigenvalue weighted by molar-refractivity contribution is 5.93. The summed E-state index contributed by atoms with van der Waals surface area (Å²) in [4.78, 5) is 61.6. The van der Waals surface area contributed by atoms with Gasteiger partial charge in [-0.25, -0.2) is 4.79 Å². The first-order valence-electron chi connectivity index (χ1n) is 11.5. The van der Waals surface area contributed by atoms with E-state index in [0.29, 0.717) is 5.56 Å². The molecule has 0 fully saturated rings. The van der Waals surface area contributed by atoms with Crippen molar-refractivity contribution in [2.45, 2.75) is 57.7 Å². The lowest BCUT2D eigenvalue weighted by atomic mass is 10.0. The van der Waals surface area contributed by atoms with Crippen LogP contribution in [0.4, 0.5) is 10.5 Å². The SMILES string of the molecule is CNC(=O)CCC(NC(=O)OC(C)(C)C)C(=O)NC(Cc1ccc(N([O-])O)cc1)C(=O)NCC(=O)NC. The monoisotopic (exact) mass is 523 g/mol. The van der Waals surface area contributed by atoms with Gasteiger partial charge in [-0.05, 0) is 44.9 Å². The molecule has 0 saturated carbocycles. The Morgan fingerprint density at radius 1 is 0.946 bits per heavy atom. The van der Waals surface area contributed by atoms with Crippen LogP contribution in [0.3, 0.4) is 0 Å². The van der Waals surface area contributed by atoms with Crippen molar-refractivity contribution < 1.29 is 33.9 Å². The highest BCUT2D eigenvalue weighted by Gasteiger charge is 2.29. The van der Waals surface area contributed by atoms with Gasteiger partial charge in [0.15, 0.2) is 0 Å². The van der Waals surface area contributed by atoms with E-state index in [-0.39, 0.29) is 42.6 Å². The molecule has 1 rings (SSSR count). The highest BCUT2D eigenvalue weighted by atomic mass is 16.8. The summed E-state index contributed by atoms with van der Waals surface area (Å²) < 4.78 is 5.20. The van der Waals surface area contributed by atoms with Gasteiger partial charge in [0.25, 0.3) is 0 Å².